The Hall–Kier alpha value is -0.810. The quantitative estimate of drug-likeness (QED) is 0.521. The molecule has 1 saturated carbocycles. The zero-order chi connectivity index (χ0) is 18.7. The molecule has 0 heterocycles. The van der Waals surface area contributed by atoms with E-state index >= 15 is 0 Å². The van der Waals surface area contributed by atoms with Gasteiger partial charge < -0.3 is 19.3 Å². The minimum absolute atomic E-state index is 0.186. The maximum atomic E-state index is 12.0. The highest BCUT2D eigenvalue weighted by Gasteiger charge is 2.27. The average molecular weight is 357 g/mol. The van der Waals surface area contributed by atoms with Crippen molar-refractivity contribution in [3.05, 3.63) is 0 Å². The van der Waals surface area contributed by atoms with Crippen molar-refractivity contribution in [3.8, 4) is 0 Å². The number of amides is 1. The zero-order valence-corrected chi connectivity index (χ0v) is 17.1. The molecule has 0 spiro atoms. The summed E-state index contributed by atoms with van der Waals surface area (Å²) in [6, 6.07) is 0.294. The van der Waals surface area contributed by atoms with Crippen molar-refractivity contribution in [2.75, 3.05) is 39.9 Å². The maximum absolute atomic E-state index is 12.0. The first-order chi connectivity index (χ1) is 12.0. The summed E-state index contributed by atoms with van der Waals surface area (Å²) in [7, 11) is 1.86. The highest BCUT2D eigenvalue weighted by Crippen LogP contribution is 2.25. The van der Waals surface area contributed by atoms with Gasteiger partial charge in [0.05, 0.1) is 12.7 Å². The predicted octanol–water partition coefficient (Wildman–Crippen LogP) is 4.16. The molecule has 0 aromatic heterocycles. The molecule has 0 saturated heterocycles. The van der Waals surface area contributed by atoms with Crippen LogP contribution in [-0.2, 0) is 9.47 Å². The molecule has 0 radical (unpaired) electrons. The molecule has 0 aromatic rings. The molecule has 1 rings (SSSR count). The van der Waals surface area contributed by atoms with Gasteiger partial charge in [0.25, 0.3) is 0 Å². The molecule has 0 bridgehead atoms. The minimum atomic E-state index is -0.186. The van der Waals surface area contributed by atoms with Crippen molar-refractivity contribution >= 4 is 6.09 Å². The molecule has 0 aromatic carbocycles. The third-order valence-corrected chi connectivity index (χ3v) is 5.14. The van der Waals surface area contributed by atoms with Gasteiger partial charge >= 0.3 is 6.09 Å². The monoisotopic (exact) mass is 356 g/mol. The van der Waals surface area contributed by atoms with Gasteiger partial charge in [-0.15, -0.1) is 0 Å². The van der Waals surface area contributed by atoms with Crippen LogP contribution in [0, 0.1) is 5.92 Å². The van der Waals surface area contributed by atoms with Crippen molar-refractivity contribution < 1.29 is 14.3 Å². The van der Waals surface area contributed by atoms with Gasteiger partial charge in [0, 0.05) is 19.7 Å². The molecular formula is C20H40N2O3. The lowest BCUT2D eigenvalue weighted by Crippen LogP contribution is -2.41. The molecule has 1 aliphatic carbocycles. The Morgan fingerprint density at radius 3 is 2.28 bits per heavy atom. The van der Waals surface area contributed by atoms with Gasteiger partial charge in [0.15, 0.2) is 0 Å². The van der Waals surface area contributed by atoms with Crippen LogP contribution in [0.15, 0.2) is 0 Å². The number of carbonyl (C=O) groups excluding carboxylic acids is 1. The number of rotatable bonds is 11. The summed E-state index contributed by atoms with van der Waals surface area (Å²) in [5.74, 6) is 0.378. The van der Waals surface area contributed by atoms with Crippen LogP contribution in [-0.4, -0.2) is 67.9 Å². The van der Waals surface area contributed by atoms with Crippen molar-refractivity contribution in [2.45, 2.75) is 78.4 Å². The SMILES string of the molecule is CCN(CC)CCCCO[C@H]1CC[C@H](N(C)C(=O)OCC(C)C)CC1. The molecule has 0 unspecified atom stereocenters. The van der Waals surface area contributed by atoms with Crippen molar-refractivity contribution in [2.24, 2.45) is 5.92 Å². The second-order valence-corrected chi connectivity index (χ2v) is 7.62. The van der Waals surface area contributed by atoms with Crippen LogP contribution < -0.4 is 0 Å². The highest BCUT2D eigenvalue weighted by molar-refractivity contribution is 5.67. The van der Waals surface area contributed by atoms with Crippen molar-refractivity contribution in [1.82, 2.24) is 9.80 Å². The topological polar surface area (TPSA) is 42.0 Å². The third kappa shape index (κ3) is 8.91. The molecule has 0 N–H and O–H groups in total. The van der Waals surface area contributed by atoms with Crippen LogP contribution in [0.5, 0.6) is 0 Å². The van der Waals surface area contributed by atoms with Crippen LogP contribution in [0.4, 0.5) is 4.79 Å². The van der Waals surface area contributed by atoms with Crippen LogP contribution >= 0.6 is 0 Å². The predicted molar refractivity (Wildman–Crippen MR) is 103 cm³/mol. The number of unbranched alkanes of at least 4 members (excludes halogenated alkanes) is 1. The van der Waals surface area contributed by atoms with Crippen LogP contribution in [0.1, 0.15) is 66.2 Å². The van der Waals surface area contributed by atoms with Gasteiger partial charge in [-0.25, -0.2) is 4.79 Å². The van der Waals surface area contributed by atoms with E-state index < -0.39 is 0 Å². The summed E-state index contributed by atoms with van der Waals surface area (Å²) < 4.78 is 11.4. The van der Waals surface area contributed by atoms with Gasteiger partial charge in [-0.05, 0) is 64.1 Å². The average Bonchev–Trinajstić information content (AvgIpc) is 2.62. The summed E-state index contributed by atoms with van der Waals surface area (Å²) in [6.45, 7) is 13.3. The van der Waals surface area contributed by atoms with Gasteiger partial charge in [-0.2, -0.15) is 0 Å². The van der Waals surface area contributed by atoms with E-state index in [1.54, 1.807) is 4.90 Å². The van der Waals surface area contributed by atoms with E-state index in [0.29, 0.717) is 24.7 Å². The minimum Gasteiger partial charge on any atom is -0.449 e. The zero-order valence-electron chi connectivity index (χ0n) is 17.1. The van der Waals surface area contributed by atoms with E-state index in [1.807, 2.05) is 7.05 Å². The van der Waals surface area contributed by atoms with E-state index in [-0.39, 0.29) is 6.09 Å². The van der Waals surface area contributed by atoms with E-state index in [2.05, 4.69) is 32.6 Å². The Labute approximate surface area is 155 Å². The molecule has 5 heteroatoms. The summed E-state index contributed by atoms with van der Waals surface area (Å²) in [6.07, 6.45) is 6.64. The number of carbonyl (C=O) groups is 1. The summed E-state index contributed by atoms with van der Waals surface area (Å²) in [5, 5.41) is 0. The Morgan fingerprint density at radius 2 is 1.72 bits per heavy atom. The van der Waals surface area contributed by atoms with E-state index in [4.69, 9.17) is 9.47 Å². The molecular weight excluding hydrogens is 316 g/mol. The molecule has 0 atom stereocenters. The van der Waals surface area contributed by atoms with Gasteiger partial charge in [-0.1, -0.05) is 27.7 Å². The summed E-state index contributed by atoms with van der Waals surface area (Å²) in [5.41, 5.74) is 0. The van der Waals surface area contributed by atoms with Crippen molar-refractivity contribution in [1.29, 1.82) is 0 Å². The number of hydrogen-bond acceptors (Lipinski definition) is 4. The van der Waals surface area contributed by atoms with Crippen LogP contribution in [0.25, 0.3) is 0 Å². The summed E-state index contributed by atoms with van der Waals surface area (Å²) in [4.78, 5) is 16.3. The summed E-state index contributed by atoms with van der Waals surface area (Å²) >= 11 is 0. The van der Waals surface area contributed by atoms with Crippen LogP contribution in [0.3, 0.4) is 0 Å². The van der Waals surface area contributed by atoms with E-state index in [1.165, 1.54) is 13.0 Å². The number of hydrogen-bond donors (Lipinski definition) is 0. The molecule has 1 fully saturated rings. The molecule has 1 aliphatic rings. The van der Waals surface area contributed by atoms with Crippen molar-refractivity contribution in [3.63, 3.8) is 0 Å². The lowest BCUT2D eigenvalue weighted by molar-refractivity contribution is 0.00640. The fourth-order valence-electron chi connectivity index (χ4n) is 3.32. The lowest BCUT2D eigenvalue weighted by Gasteiger charge is -2.34. The molecule has 0 aliphatic heterocycles. The first-order valence-electron chi connectivity index (χ1n) is 10.2. The van der Waals surface area contributed by atoms with Gasteiger partial charge in [-0.3, -0.25) is 0 Å². The number of ether oxygens (including phenoxy) is 2. The molecule has 148 valence electrons. The largest absolute Gasteiger partial charge is 0.449 e. The first kappa shape index (κ1) is 22.2. The molecule has 25 heavy (non-hydrogen) atoms. The second-order valence-electron chi connectivity index (χ2n) is 7.62. The Kier molecular flexibility index (Phi) is 11.1. The fourth-order valence-corrected chi connectivity index (χ4v) is 3.32. The lowest BCUT2D eigenvalue weighted by atomic mass is 9.92. The Morgan fingerprint density at radius 1 is 1.08 bits per heavy atom. The molecule has 1 amide bonds. The van der Waals surface area contributed by atoms with Gasteiger partial charge in [0.1, 0.15) is 0 Å². The fraction of sp³-hybridized carbons (Fsp3) is 0.950. The van der Waals surface area contributed by atoms with E-state index in [9.17, 15) is 4.79 Å². The normalized spacial score (nSPS) is 20.9. The number of nitrogens with zero attached hydrogens (tertiary/aromatic N) is 2. The van der Waals surface area contributed by atoms with Gasteiger partial charge in [0.2, 0.25) is 0 Å². The van der Waals surface area contributed by atoms with Crippen LogP contribution in [0.2, 0.25) is 0 Å². The standard InChI is InChI=1S/C20H40N2O3/c1-6-22(7-2)14-8-9-15-24-19-12-10-18(11-13-19)21(5)20(23)25-16-17(3)4/h17-19H,6-16H2,1-5H3/t18-,19-. The maximum Gasteiger partial charge on any atom is 0.409 e. The smallest absolute Gasteiger partial charge is 0.409 e. The molecule has 5 nitrogen and oxygen atoms in total. The first-order valence-corrected chi connectivity index (χ1v) is 10.2. The Bertz CT molecular complexity index is 351. The van der Waals surface area contributed by atoms with E-state index in [0.717, 1.165) is 51.8 Å². The third-order valence-electron chi connectivity index (χ3n) is 5.14. The second kappa shape index (κ2) is 12.5. The Balaban J connectivity index is 2.13. The highest BCUT2D eigenvalue weighted by atomic mass is 16.6.